The highest BCUT2D eigenvalue weighted by atomic mass is 79.9. The molecule has 2 heteroatoms. The molecule has 1 unspecified atom stereocenters. The van der Waals surface area contributed by atoms with Gasteiger partial charge in [0, 0.05) is 4.83 Å². The number of alkyl halides is 1. The quantitative estimate of drug-likeness (QED) is 0.804. The van der Waals surface area contributed by atoms with E-state index in [4.69, 9.17) is 0 Å². The molecule has 1 atom stereocenters. The second kappa shape index (κ2) is 5.02. The summed E-state index contributed by atoms with van der Waals surface area (Å²) in [5.74, 6) is 1.32. The molecule has 82 valence electrons. The number of phenols is 1. The van der Waals surface area contributed by atoms with Crippen LogP contribution in [0.25, 0.3) is 0 Å². The average Bonchev–Trinajstić information content (AvgIpc) is 3.00. The summed E-state index contributed by atoms with van der Waals surface area (Å²) in [6.45, 7) is 0. The number of hydrogen-bond acceptors (Lipinski definition) is 1. The maximum atomic E-state index is 9.31. The highest BCUT2D eigenvalue weighted by Gasteiger charge is 2.28. The fourth-order valence-electron chi connectivity index (χ4n) is 1.91. The highest BCUT2D eigenvalue weighted by molar-refractivity contribution is 9.09. The molecule has 0 spiro atoms. The summed E-state index contributed by atoms with van der Waals surface area (Å²) in [6, 6.07) is 7.58. The molecule has 1 saturated carbocycles. The van der Waals surface area contributed by atoms with Gasteiger partial charge in [-0.25, -0.2) is 0 Å². The van der Waals surface area contributed by atoms with Gasteiger partial charge >= 0.3 is 0 Å². The molecule has 0 heterocycles. The Morgan fingerprint density at radius 2 is 2.20 bits per heavy atom. The Bertz CT molecular complexity index is 320. The van der Waals surface area contributed by atoms with Gasteiger partial charge in [0.2, 0.25) is 0 Å². The fourth-order valence-corrected chi connectivity index (χ4v) is 2.76. The summed E-state index contributed by atoms with van der Waals surface area (Å²) in [5, 5.41) is 9.31. The topological polar surface area (TPSA) is 20.2 Å². The SMILES string of the molecule is Oc1cccc(CCCC(Br)C2CC2)c1. The Morgan fingerprint density at radius 3 is 2.87 bits per heavy atom. The summed E-state index contributed by atoms with van der Waals surface area (Å²) in [7, 11) is 0. The molecular weight excluding hydrogens is 252 g/mol. The molecule has 1 N–H and O–H groups in total. The summed E-state index contributed by atoms with van der Waals surface area (Å²) in [6.07, 6.45) is 6.34. The molecule has 0 amide bonds. The molecule has 0 radical (unpaired) electrons. The van der Waals surface area contributed by atoms with Crippen LogP contribution in [0.15, 0.2) is 24.3 Å². The maximum Gasteiger partial charge on any atom is 0.115 e. The van der Waals surface area contributed by atoms with Crippen molar-refractivity contribution in [3.05, 3.63) is 29.8 Å². The minimum absolute atomic E-state index is 0.380. The van der Waals surface area contributed by atoms with Crippen LogP contribution >= 0.6 is 15.9 Å². The molecule has 2 rings (SSSR count). The number of benzene rings is 1. The van der Waals surface area contributed by atoms with Crippen LogP contribution in [0.4, 0.5) is 0 Å². The van der Waals surface area contributed by atoms with Gasteiger partial charge in [0.25, 0.3) is 0 Å². The third kappa shape index (κ3) is 3.53. The molecule has 15 heavy (non-hydrogen) atoms. The van der Waals surface area contributed by atoms with E-state index in [2.05, 4.69) is 22.0 Å². The van der Waals surface area contributed by atoms with Gasteiger partial charge in [0.05, 0.1) is 0 Å². The Labute approximate surface area is 99.6 Å². The van der Waals surface area contributed by atoms with Crippen LogP contribution in [0.2, 0.25) is 0 Å². The second-order valence-corrected chi connectivity index (χ2v) is 5.59. The predicted octanol–water partition coefficient (Wildman–Crippen LogP) is 3.89. The van der Waals surface area contributed by atoms with E-state index < -0.39 is 0 Å². The molecule has 0 aromatic heterocycles. The van der Waals surface area contributed by atoms with Crippen molar-refractivity contribution in [1.29, 1.82) is 0 Å². The van der Waals surface area contributed by atoms with Crippen molar-refractivity contribution in [1.82, 2.24) is 0 Å². The molecular formula is C13H17BrO. The first-order valence-corrected chi connectivity index (χ1v) is 6.59. The largest absolute Gasteiger partial charge is 0.508 e. The fraction of sp³-hybridized carbons (Fsp3) is 0.538. The molecule has 0 saturated heterocycles. The summed E-state index contributed by atoms with van der Waals surface area (Å²) < 4.78 is 0. The van der Waals surface area contributed by atoms with E-state index in [0.717, 1.165) is 17.2 Å². The summed E-state index contributed by atoms with van der Waals surface area (Å²) >= 11 is 3.74. The predicted molar refractivity (Wildman–Crippen MR) is 66.5 cm³/mol. The first-order chi connectivity index (χ1) is 7.25. The Morgan fingerprint density at radius 1 is 1.40 bits per heavy atom. The Balaban J connectivity index is 1.73. The zero-order chi connectivity index (χ0) is 10.7. The first-order valence-electron chi connectivity index (χ1n) is 5.67. The number of aromatic hydroxyl groups is 1. The monoisotopic (exact) mass is 268 g/mol. The van der Waals surface area contributed by atoms with Gasteiger partial charge in [0.15, 0.2) is 0 Å². The van der Waals surface area contributed by atoms with Crippen molar-refractivity contribution >= 4 is 15.9 Å². The van der Waals surface area contributed by atoms with Crippen LogP contribution < -0.4 is 0 Å². The van der Waals surface area contributed by atoms with Gasteiger partial charge in [-0.05, 0) is 55.7 Å². The van der Waals surface area contributed by atoms with Gasteiger partial charge in [-0.15, -0.1) is 0 Å². The lowest BCUT2D eigenvalue weighted by Gasteiger charge is -2.07. The lowest BCUT2D eigenvalue weighted by molar-refractivity contribution is 0.474. The minimum atomic E-state index is 0.380. The number of halogens is 1. The second-order valence-electron chi connectivity index (χ2n) is 4.42. The van der Waals surface area contributed by atoms with Crippen LogP contribution in [0.5, 0.6) is 5.75 Å². The normalized spacial score (nSPS) is 17.7. The van der Waals surface area contributed by atoms with E-state index in [1.54, 1.807) is 6.07 Å². The van der Waals surface area contributed by atoms with Crippen molar-refractivity contribution in [2.75, 3.05) is 0 Å². The summed E-state index contributed by atoms with van der Waals surface area (Å²) in [4.78, 5) is 0.717. The maximum absolute atomic E-state index is 9.31. The minimum Gasteiger partial charge on any atom is -0.508 e. The first kappa shape index (κ1) is 11.0. The van der Waals surface area contributed by atoms with Crippen molar-refractivity contribution in [3.63, 3.8) is 0 Å². The van der Waals surface area contributed by atoms with Crippen molar-refractivity contribution in [2.24, 2.45) is 5.92 Å². The molecule has 1 aromatic rings. The lowest BCUT2D eigenvalue weighted by atomic mass is 10.1. The molecule has 0 aliphatic heterocycles. The van der Waals surface area contributed by atoms with E-state index >= 15 is 0 Å². The van der Waals surface area contributed by atoms with Crippen LogP contribution in [0.3, 0.4) is 0 Å². The van der Waals surface area contributed by atoms with Crippen LogP contribution in [-0.2, 0) is 6.42 Å². The Hall–Kier alpha value is -0.500. The number of hydrogen-bond donors (Lipinski definition) is 1. The van der Waals surface area contributed by atoms with E-state index in [-0.39, 0.29) is 0 Å². The molecule has 1 fully saturated rings. The Kier molecular flexibility index (Phi) is 3.68. The van der Waals surface area contributed by atoms with E-state index in [1.807, 2.05) is 12.1 Å². The molecule has 0 bridgehead atoms. The van der Waals surface area contributed by atoms with E-state index in [0.29, 0.717) is 5.75 Å². The van der Waals surface area contributed by atoms with Gasteiger partial charge < -0.3 is 5.11 Å². The zero-order valence-corrected chi connectivity index (χ0v) is 10.4. The number of rotatable bonds is 5. The number of aryl methyl sites for hydroxylation is 1. The molecule has 1 aliphatic carbocycles. The van der Waals surface area contributed by atoms with Crippen molar-refractivity contribution in [3.8, 4) is 5.75 Å². The van der Waals surface area contributed by atoms with Crippen molar-refractivity contribution in [2.45, 2.75) is 36.9 Å². The van der Waals surface area contributed by atoms with Crippen LogP contribution in [-0.4, -0.2) is 9.93 Å². The van der Waals surface area contributed by atoms with Gasteiger partial charge in [0.1, 0.15) is 5.75 Å². The van der Waals surface area contributed by atoms with Crippen LogP contribution in [0, 0.1) is 5.92 Å². The van der Waals surface area contributed by atoms with Crippen molar-refractivity contribution < 1.29 is 5.11 Å². The van der Waals surface area contributed by atoms with E-state index in [9.17, 15) is 5.11 Å². The van der Waals surface area contributed by atoms with Gasteiger partial charge in [-0.3, -0.25) is 0 Å². The van der Waals surface area contributed by atoms with Crippen LogP contribution in [0.1, 0.15) is 31.2 Å². The number of phenolic OH excluding ortho intramolecular Hbond substituents is 1. The smallest absolute Gasteiger partial charge is 0.115 e. The standard InChI is InChI=1S/C13H17BrO/c14-13(11-7-8-11)6-2-4-10-3-1-5-12(15)9-10/h1,3,5,9,11,13,15H,2,4,6-8H2. The highest BCUT2D eigenvalue weighted by Crippen LogP contribution is 2.38. The average molecular weight is 269 g/mol. The van der Waals surface area contributed by atoms with Gasteiger partial charge in [-0.1, -0.05) is 28.1 Å². The third-order valence-corrected chi connectivity index (χ3v) is 4.19. The molecule has 1 aliphatic rings. The van der Waals surface area contributed by atoms with Gasteiger partial charge in [-0.2, -0.15) is 0 Å². The molecule has 1 aromatic carbocycles. The third-order valence-electron chi connectivity index (χ3n) is 2.99. The molecule has 1 nitrogen and oxygen atoms in total. The zero-order valence-electron chi connectivity index (χ0n) is 8.82. The van der Waals surface area contributed by atoms with E-state index in [1.165, 1.54) is 31.2 Å². The lowest BCUT2D eigenvalue weighted by Crippen LogP contribution is -2.00. The summed E-state index contributed by atoms with van der Waals surface area (Å²) in [5.41, 5.74) is 1.24.